The zero-order valence-electron chi connectivity index (χ0n) is 15.7. The van der Waals surface area contributed by atoms with Crippen LogP contribution in [0.4, 0.5) is 0 Å². The van der Waals surface area contributed by atoms with E-state index in [1.807, 2.05) is 13.8 Å². The van der Waals surface area contributed by atoms with Crippen LogP contribution in [-0.4, -0.2) is 49.3 Å². The van der Waals surface area contributed by atoms with Crippen LogP contribution in [0.15, 0.2) is 41.8 Å². The minimum Gasteiger partial charge on any atom is -0.744 e. The molecule has 0 saturated heterocycles. The van der Waals surface area contributed by atoms with Crippen LogP contribution in [0.3, 0.4) is 0 Å². The maximum atomic E-state index is 11.1. The highest BCUT2D eigenvalue weighted by Crippen LogP contribution is 2.14. The van der Waals surface area contributed by atoms with Crippen LogP contribution in [0.5, 0.6) is 0 Å². The van der Waals surface area contributed by atoms with Gasteiger partial charge < -0.3 is 9.29 Å². The zero-order chi connectivity index (χ0) is 19.7. The van der Waals surface area contributed by atoms with Crippen LogP contribution in [0.25, 0.3) is 0 Å². The summed E-state index contributed by atoms with van der Waals surface area (Å²) in [5.41, 5.74) is 0.928. The van der Waals surface area contributed by atoms with E-state index in [4.69, 9.17) is 4.74 Å². The normalized spacial score (nSPS) is 12.6. The number of carbonyl (C=O) groups excluding carboxylic acids is 1. The maximum Gasteiger partial charge on any atom is 0.334 e. The second kappa shape index (κ2) is 10.3. The molecule has 0 aliphatic rings. The van der Waals surface area contributed by atoms with Gasteiger partial charge in [0.1, 0.15) is 10.1 Å². The highest BCUT2D eigenvalue weighted by atomic mass is 32.2. The highest BCUT2D eigenvalue weighted by molar-refractivity contribution is 7.85. The molecule has 0 saturated carbocycles. The Morgan fingerprint density at radius 2 is 1.64 bits per heavy atom. The second-order valence-corrected chi connectivity index (χ2v) is 7.05. The van der Waals surface area contributed by atoms with E-state index in [0.717, 1.165) is 29.7 Å². The van der Waals surface area contributed by atoms with Gasteiger partial charge in [-0.2, -0.15) is 0 Å². The van der Waals surface area contributed by atoms with Crippen molar-refractivity contribution in [3.63, 3.8) is 0 Å². The molecule has 0 amide bonds. The van der Waals surface area contributed by atoms with Gasteiger partial charge in [0.2, 0.25) is 6.23 Å². The largest absolute Gasteiger partial charge is 0.744 e. The molecule has 1 rings (SSSR count). The molecule has 142 valence electrons. The van der Waals surface area contributed by atoms with Crippen molar-refractivity contribution in [2.24, 2.45) is 0 Å². The Hall–Kier alpha value is -1.70. The number of rotatable bonds is 7. The molecule has 7 heteroatoms. The van der Waals surface area contributed by atoms with Gasteiger partial charge in [-0.25, -0.2) is 13.2 Å². The first-order valence-electron chi connectivity index (χ1n) is 8.27. The van der Waals surface area contributed by atoms with Crippen LogP contribution in [0, 0.1) is 6.92 Å². The van der Waals surface area contributed by atoms with E-state index in [0.29, 0.717) is 0 Å². The predicted octanol–water partition coefficient (Wildman–Crippen LogP) is 2.84. The third kappa shape index (κ3) is 7.37. The van der Waals surface area contributed by atoms with Crippen molar-refractivity contribution < 1.29 is 27.0 Å². The molecule has 0 heterocycles. The molecular weight excluding hydrogens is 342 g/mol. The Balaban J connectivity index is 0.000000472. The molecule has 6 nitrogen and oxygen atoms in total. The van der Waals surface area contributed by atoms with Gasteiger partial charge in [-0.15, -0.1) is 0 Å². The summed E-state index contributed by atoms with van der Waals surface area (Å²) in [7, 11) is -4.27. The van der Waals surface area contributed by atoms with E-state index in [1.54, 1.807) is 12.1 Å². The fourth-order valence-electron chi connectivity index (χ4n) is 2.48. The Kier molecular flexibility index (Phi) is 9.62. The number of quaternary nitrogens is 1. The van der Waals surface area contributed by atoms with Crippen LogP contribution >= 0.6 is 0 Å². The Labute approximate surface area is 151 Å². The molecular formula is C18H29NO5S. The van der Waals surface area contributed by atoms with Crippen molar-refractivity contribution in [1.29, 1.82) is 0 Å². The van der Waals surface area contributed by atoms with E-state index in [1.165, 1.54) is 18.2 Å². The van der Waals surface area contributed by atoms with E-state index < -0.39 is 10.1 Å². The molecule has 0 aliphatic heterocycles. The number of ether oxygens (including phenoxy) is 1. The molecule has 0 spiro atoms. The maximum absolute atomic E-state index is 11.1. The zero-order valence-corrected chi connectivity index (χ0v) is 16.5. The molecule has 1 aromatic carbocycles. The van der Waals surface area contributed by atoms with Crippen molar-refractivity contribution in [1.82, 2.24) is 0 Å². The summed E-state index contributed by atoms with van der Waals surface area (Å²) in [6.07, 6.45) is 1.12. The summed E-state index contributed by atoms with van der Waals surface area (Å²) in [5.74, 6) is -0.338. The number of aryl methyl sites for hydroxylation is 1. The van der Waals surface area contributed by atoms with E-state index in [2.05, 4.69) is 27.4 Å². The van der Waals surface area contributed by atoms with Crippen LogP contribution in [0.2, 0.25) is 0 Å². The number of nitrogens with zero attached hydrogens (tertiary/aromatic N) is 1. The summed E-state index contributed by atoms with van der Waals surface area (Å²) in [6, 6.07) is 5.78. The smallest absolute Gasteiger partial charge is 0.334 e. The fraction of sp³-hybridized carbons (Fsp3) is 0.500. The minimum atomic E-state index is -4.27. The van der Waals surface area contributed by atoms with Crippen molar-refractivity contribution in [3.05, 3.63) is 42.5 Å². The molecule has 1 atom stereocenters. The van der Waals surface area contributed by atoms with Gasteiger partial charge in [-0.1, -0.05) is 24.3 Å². The first-order valence-corrected chi connectivity index (χ1v) is 9.68. The number of benzene rings is 1. The molecule has 0 aliphatic carbocycles. The standard InChI is InChI=1S/C11H22NO2.C7H8O3S/c1-6-11(13)14-10(5)12(7-2,8-3)9-4;1-6-2-4-7(5-3-6)11(8,9)10/h6,10H,1,7-9H2,2-5H3;2-5H,1H3,(H,8,9,10)/q+1;/p-1. The van der Waals surface area contributed by atoms with Crippen LogP contribution in [0.1, 0.15) is 33.3 Å². The number of carbonyl (C=O) groups is 1. The molecule has 25 heavy (non-hydrogen) atoms. The lowest BCUT2D eigenvalue weighted by atomic mass is 10.2. The summed E-state index contributed by atoms with van der Waals surface area (Å²) >= 11 is 0. The van der Waals surface area contributed by atoms with Crippen molar-refractivity contribution in [2.75, 3.05) is 19.6 Å². The lowest BCUT2D eigenvalue weighted by Gasteiger charge is -2.39. The minimum absolute atomic E-state index is 0.0968. The monoisotopic (exact) mass is 371 g/mol. The summed E-state index contributed by atoms with van der Waals surface area (Å²) < 4.78 is 37.2. The molecule has 0 aromatic heterocycles. The van der Waals surface area contributed by atoms with E-state index in [-0.39, 0.29) is 17.1 Å². The average Bonchev–Trinajstić information content (AvgIpc) is 2.57. The molecule has 0 radical (unpaired) electrons. The first-order chi connectivity index (χ1) is 11.6. The van der Waals surface area contributed by atoms with E-state index in [9.17, 15) is 17.8 Å². The molecule has 0 bridgehead atoms. The Morgan fingerprint density at radius 1 is 1.20 bits per heavy atom. The summed E-state index contributed by atoms with van der Waals surface area (Å²) in [4.78, 5) is 10.9. The molecule has 1 aromatic rings. The fourth-order valence-corrected chi connectivity index (χ4v) is 2.94. The summed E-state index contributed by atoms with van der Waals surface area (Å²) in [6.45, 7) is 16.4. The highest BCUT2D eigenvalue weighted by Gasteiger charge is 2.30. The predicted molar refractivity (Wildman–Crippen MR) is 96.8 cm³/mol. The Morgan fingerprint density at radius 3 is 1.96 bits per heavy atom. The van der Waals surface area contributed by atoms with Gasteiger partial charge >= 0.3 is 5.97 Å². The molecule has 0 fully saturated rings. The number of hydrogen-bond donors (Lipinski definition) is 0. The van der Waals surface area contributed by atoms with Crippen molar-refractivity contribution in [2.45, 2.75) is 45.7 Å². The van der Waals surface area contributed by atoms with Gasteiger partial charge in [-0.05, 0) is 39.8 Å². The van der Waals surface area contributed by atoms with Crippen LogP contribution in [-0.2, 0) is 19.6 Å². The average molecular weight is 371 g/mol. The first kappa shape index (κ1) is 23.3. The van der Waals surface area contributed by atoms with Gasteiger partial charge in [0.25, 0.3) is 0 Å². The van der Waals surface area contributed by atoms with Crippen molar-refractivity contribution >= 4 is 16.1 Å². The third-order valence-corrected chi connectivity index (χ3v) is 5.27. The summed E-state index contributed by atoms with van der Waals surface area (Å²) in [5, 5.41) is 0. The molecule has 0 N–H and O–H groups in total. The quantitative estimate of drug-likeness (QED) is 0.242. The second-order valence-electron chi connectivity index (χ2n) is 5.67. The van der Waals surface area contributed by atoms with Crippen LogP contribution < -0.4 is 0 Å². The molecule has 1 unspecified atom stereocenters. The Bertz CT molecular complexity index is 640. The number of esters is 1. The SMILES string of the molecule is C=CC(=O)OC(C)[N+](CC)(CC)CC.Cc1ccc(S(=O)(=O)[O-])cc1. The van der Waals surface area contributed by atoms with Crippen molar-refractivity contribution in [3.8, 4) is 0 Å². The van der Waals surface area contributed by atoms with Gasteiger partial charge in [0.05, 0.1) is 24.5 Å². The third-order valence-electron chi connectivity index (χ3n) is 4.42. The van der Waals surface area contributed by atoms with Gasteiger partial charge in [-0.3, -0.25) is 4.48 Å². The lowest BCUT2D eigenvalue weighted by molar-refractivity contribution is -0.962. The van der Waals surface area contributed by atoms with Gasteiger partial charge in [0.15, 0.2) is 0 Å². The van der Waals surface area contributed by atoms with Gasteiger partial charge in [0, 0.05) is 13.0 Å². The number of hydrogen-bond acceptors (Lipinski definition) is 5. The van der Waals surface area contributed by atoms with E-state index >= 15 is 0 Å². The lowest BCUT2D eigenvalue weighted by Crippen LogP contribution is -2.55. The topological polar surface area (TPSA) is 83.5 Å².